The summed E-state index contributed by atoms with van der Waals surface area (Å²) in [4.78, 5) is 17.7. The first-order valence-electron chi connectivity index (χ1n) is 6.18. The normalized spacial score (nSPS) is 10.2. The van der Waals surface area contributed by atoms with Crippen LogP contribution in [0, 0.1) is 21.4 Å². The standard InChI is InChI=1S/C13H9F2N5O3/c14-13(15)23-9-2-1-8(17-7-9)6-18-12-4-3-11(20(21)22)10(5-16)19-12/h1-4,7,13H,6H2,(H,18,19). The number of rotatable bonds is 6. The van der Waals surface area contributed by atoms with Gasteiger partial charge in [0.25, 0.3) is 0 Å². The van der Waals surface area contributed by atoms with Crippen molar-refractivity contribution in [2.24, 2.45) is 0 Å². The fourth-order valence-electron chi connectivity index (χ4n) is 1.65. The second kappa shape index (κ2) is 7.08. The Hall–Kier alpha value is -3.35. The van der Waals surface area contributed by atoms with Crippen LogP contribution in [0.2, 0.25) is 0 Å². The van der Waals surface area contributed by atoms with Gasteiger partial charge >= 0.3 is 12.3 Å². The first-order valence-corrected chi connectivity index (χ1v) is 6.18. The van der Waals surface area contributed by atoms with Crippen molar-refractivity contribution < 1.29 is 18.4 Å². The number of nitrogens with one attached hydrogen (secondary N) is 1. The van der Waals surface area contributed by atoms with Gasteiger partial charge in [-0.3, -0.25) is 15.1 Å². The quantitative estimate of drug-likeness (QED) is 0.642. The van der Waals surface area contributed by atoms with Gasteiger partial charge in [0, 0.05) is 6.07 Å². The minimum atomic E-state index is -2.92. The van der Waals surface area contributed by atoms with Crippen molar-refractivity contribution in [3.05, 3.63) is 52.0 Å². The second-order valence-corrected chi connectivity index (χ2v) is 4.15. The molecule has 2 aromatic rings. The van der Waals surface area contributed by atoms with Gasteiger partial charge in [0.15, 0.2) is 0 Å². The summed E-state index contributed by atoms with van der Waals surface area (Å²) in [6, 6.07) is 6.97. The molecule has 0 bridgehead atoms. The summed E-state index contributed by atoms with van der Waals surface area (Å²) in [6.45, 7) is -2.74. The van der Waals surface area contributed by atoms with Crippen LogP contribution in [0.25, 0.3) is 0 Å². The molecule has 0 aliphatic rings. The molecule has 0 aliphatic heterocycles. The van der Waals surface area contributed by atoms with Crippen molar-refractivity contribution in [3.63, 3.8) is 0 Å². The molecule has 2 heterocycles. The number of pyridine rings is 2. The predicted molar refractivity (Wildman–Crippen MR) is 73.8 cm³/mol. The van der Waals surface area contributed by atoms with E-state index >= 15 is 0 Å². The summed E-state index contributed by atoms with van der Waals surface area (Å²) < 4.78 is 28.2. The third-order valence-corrected chi connectivity index (χ3v) is 2.65. The van der Waals surface area contributed by atoms with Crippen LogP contribution in [0.1, 0.15) is 11.4 Å². The maximum atomic E-state index is 12.0. The Bertz CT molecular complexity index is 746. The number of hydrogen-bond donors (Lipinski definition) is 1. The van der Waals surface area contributed by atoms with E-state index in [0.717, 1.165) is 6.20 Å². The lowest BCUT2D eigenvalue weighted by Crippen LogP contribution is -2.06. The number of nitro groups is 1. The van der Waals surface area contributed by atoms with Crippen LogP contribution in [-0.2, 0) is 6.54 Å². The first kappa shape index (κ1) is 16.0. The number of alkyl halides is 2. The molecule has 0 unspecified atom stereocenters. The van der Waals surface area contributed by atoms with E-state index in [9.17, 15) is 18.9 Å². The molecule has 23 heavy (non-hydrogen) atoms. The number of ether oxygens (including phenoxy) is 1. The zero-order valence-electron chi connectivity index (χ0n) is 11.4. The molecule has 2 rings (SSSR count). The predicted octanol–water partition coefficient (Wildman–Crippen LogP) is 2.47. The van der Waals surface area contributed by atoms with E-state index in [4.69, 9.17) is 5.26 Å². The third kappa shape index (κ3) is 4.31. The molecule has 0 fully saturated rings. The SMILES string of the molecule is N#Cc1nc(NCc2ccc(OC(F)F)cn2)ccc1[N+](=O)[O-]. The molecule has 0 saturated carbocycles. The molecule has 0 spiro atoms. The van der Waals surface area contributed by atoms with Crippen molar-refractivity contribution in [1.82, 2.24) is 9.97 Å². The highest BCUT2D eigenvalue weighted by atomic mass is 19.3. The fourth-order valence-corrected chi connectivity index (χ4v) is 1.65. The van der Waals surface area contributed by atoms with Gasteiger partial charge in [-0.1, -0.05) is 0 Å². The topological polar surface area (TPSA) is 114 Å². The van der Waals surface area contributed by atoms with E-state index in [2.05, 4.69) is 20.0 Å². The molecule has 0 amide bonds. The van der Waals surface area contributed by atoms with Crippen molar-refractivity contribution in [3.8, 4) is 11.8 Å². The number of anilines is 1. The largest absolute Gasteiger partial charge is 0.433 e. The van der Waals surface area contributed by atoms with Crippen LogP contribution >= 0.6 is 0 Å². The second-order valence-electron chi connectivity index (χ2n) is 4.15. The Morgan fingerprint density at radius 1 is 1.39 bits per heavy atom. The Morgan fingerprint density at radius 2 is 2.17 bits per heavy atom. The van der Waals surface area contributed by atoms with Crippen LogP contribution in [0.5, 0.6) is 5.75 Å². The van der Waals surface area contributed by atoms with Crippen molar-refractivity contribution in [1.29, 1.82) is 5.26 Å². The van der Waals surface area contributed by atoms with Gasteiger partial charge < -0.3 is 10.1 Å². The fraction of sp³-hybridized carbons (Fsp3) is 0.154. The Kier molecular flexibility index (Phi) is 4.93. The summed E-state index contributed by atoms with van der Waals surface area (Å²) >= 11 is 0. The molecule has 118 valence electrons. The highest BCUT2D eigenvalue weighted by Crippen LogP contribution is 2.18. The van der Waals surface area contributed by atoms with Gasteiger partial charge in [-0.05, 0) is 18.2 Å². The first-order chi connectivity index (χ1) is 11.0. The number of halogens is 2. The average molecular weight is 321 g/mol. The monoisotopic (exact) mass is 321 g/mol. The van der Waals surface area contributed by atoms with E-state index in [-0.39, 0.29) is 29.5 Å². The molecular weight excluding hydrogens is 312 g/mol. The summed E-state index contributed by atoms with van der Waals surface area (Å²) in [7, 11) is 0. The Balaban J connectivity index is 2.03. The zero-order valence-corrected chi connectivity index (χ0v) is 11.4. The van der Waals surface area contributed by atoms with Crippen LogP contribution < -0.4 is 10.1 Å². The molecule has 10 heteroatoms. The van der Waals surface area contributed by atoms with Gasteiger partial charge in [0.05, 0.1) is 23.4 Å². The Morgan fingerprint density at radius 3 is 2.74 bits per heavy atom. The Labute approximate surface area is 128 Å². The van der Waals surface area contributed by atoms with Crippen LogP contribution in [0.15, 0.2) is 30.5 Å². The van der Waals surface area contributed by atoms with Gasteiger partial charge in [0.2, 0.25) is 5.69 Å². The number of aromatic nitrogens is 2. The summed E-state index contributed by atoms with van der Waals surface area (Å²) in [5, 5.41) is 22.4. The van der Waals surface area contributed by atoms with E-state index < -0.39 is 11.5 Å². The van der Waals surface area contributed by atoms with Crippen molar-refractivity contribution >= 4 is 11.5 Å². The van der Waals surface area contributed by atoms with E-state index in [1.807, 2.05) is 0 Å². The lowest BCUT2D eigenvalue weighted by molar-refractivity contribution is -0.385. The van der Waals surface area contributed by atoms with Crippen molar-refractivity contribution in [2.75, 3.05) is 5.32 Å². The van der Waals surface area contributed by atoms with Gasteiger partial charge in [-0.15, -0.1) is 0 Å². The average Bonchev–Trinajstić information content (AvgIpc) is 2.53. The molecule has 8 nitrogen and oxygen atoms in total. The molecule has 2 aromatic heterocycles. The summed E-state index contributed by atoms with van der Waals surface area (Å²) in [6.07, 6.45) is 1.15. The van der Waals surface area contributed by atoms with Crippen molar-refractivity contribution in [2.45, 2.75) is 13.2 Å². The van der Waals surface area contributed by atoms with Gasteiger partial charge in [0.1, 0.15) is 17.6 Å². The van der Waals surface area contributed by atoms with E-state index in [0.29, 0.717) is 5.69 Å². The molecule has 0 radical (unpaired) electrons. The smallest absolute Gasteiger partial charge is 0.387 e. The number of nitrogens with zero attached hydrogens (tertiary/aromatic N) is 4. The van der Waals surface area contributed by atoms with Gasteiger partial charge in [-0.25, -0.2) is 4.98 Å². The minimum absolute atomic E-state index is 0.0658. The van der Waals surface area contributed by atoms with Gasteiger partial charge in [-0.2, -0.15) is 14.0 Å². The highest BCUT2D eigenvalue weighted by molar-refractivity contribution is 5.50. The third-order valence-electron chi connectivity index (χ3n) is 2.65. The maximum Gasteiger partial charge on any atom is 0.387 e. The molecular formula is C13H9F2N5O3. The molecule has 0 saturated heterocycles. The summed E-state index contributed by atoms with van der Waals surface area (Å²) in [5.74, 6) is 0.186. The van der Waals surface area contributed by atoms with Crippen LogP contribution in [0.4, 0.5) is 20.3 Å². The molecule has 0 aromatic carbocycles. The molecule has 0 aliphatic carbocycles. The number of hydrogen-bond acceptors (Lipinski definition) is 7. The number of nitriles is 1. The maximum absolute atomic E-state index is 12.0. The molecule has 1 N–H and O–H groups in total. The zero-order chi connectivity index (χ0) is 16.8. The van der Waals surface area contributed by atoms with Crippen LogP contribution in [0.3, 0.4) is 0 Å². The van der Waals surface area contributed by atoms with E-state index in [1.54, 1.807) is 6.07 Å². The molecule has 0 atom stereocenters. The van der Waals surface area contributed by atoms with Crippen LogP contribution in [-0.4, -0.2) is 21.5 Å². The minimum Gasteiger partial charge on any atom is -0.433 e. The summed E-state index contributed by atoms with van der Waals surface area (Å²) in [5.41, 5.74) is -0.191. The van der Waals surface area contributed by atoms with E-state index in [1.165, 1.54) is 24.3 Å². The lowest BCUT2D eigenvalue weighted by Gasteiger charge is -2.07. The lowest BCUT2D eigenvalue weighted by atomic mass is 10.3. The highest BCUT2D eigenvalue weighted by Gasteiger charge is 2.15.